The third kappa shape index (κ3) is 4.64. The van der Waals surface area contributed by atoms with E-state index in [2.05, 4.69) is 4.18 Å². The van der Waals surface area contributed by atoms with Crippen molar-refractivity contribution in [3.05, 3.63) is 54.4 Å². The number of rotatable bonds is 3. The molecule has 0 aliphatic carbocycles. The second-order valence-electron chi connectivity index (χ2n) is 3.89. The second kappa shape index (κ2) is 7.04. The summed E-state index contributed by atoms with van der Waals surface area (Å²) in [6.07, 6.45) is 3.88. The molecule has 1 aromatic rings. The summed E-state index contributed by atoms with van der Waals surface area (Å²) in [5.41, 5.74) is -4.60. The molecule has 1 aliphatic heterocycles. The molecule has 0 bridgehead atoms. The second-order valence-corrected chi connectivity index (χ2v) is 5.43. The molecule has 21 heavy (non-hydrogen) atoms. The topological polar surface area (TPSA) is 46.6 Å². The number of nitrogens with zero attached hydrogens (tertiary/aromatic N) is 1. The monoisotopic (exact) mass is 345 g/mol. The van der Waals surface area contributed by atoms with Crippen molar-refractivity contribution in [2.75, 3.05) is 11.4 Å². The van der Waals surface area contributed by atoms with Crippen molar-refractivity contribution in [3.63, 3.8) is 0 Å². The molecule has 0 atom stereocenters. The van der Waals surface area contributed by atoms with Crippen molar-refractivity contribution in [3.8, 4) is 0 Å². The fourth-order valence-electron chi connectivity index (χ4n) is 1.53. The molecule has 0 spiro atoms. The Morgan fingerprint density at radius 1 is 1.14 bits per heavy atom. The van der Waals surface area contributed by atoms with E-state index in [1.54, 1.807) is 4.90 Å². The van der Waals surface area contributed by atoms with Gasteiger partial charge in [-0.05, 0) is 24.3 Å². The van der Waals surface area contributed by atoms with Crippen LogP contribution >= 0.6 is 0 Å². The Morgan fingerprint density at radius 3 is 2.24 bits per heavy atom. The third-order valence-corrected chi connectivity index (χ3v) is 3.46. The largest absolute Gasteiger partial charge is 0.534 e. The summed E-state index contributed by atoms with van der Waals surface area (Å²) in [6, 6.07) is 9.09. The minimum Gasteiger partial charge on any atom is -0.376 e. The van der Waals surface area contributed by atoms with Gasteiger partial charge in [-0.2, -0.15) is 21.6 Å². The number of hydrogen-bond donors (Lipinski definition) is 0. The predicted octanol–water partition coefficient (Wildman–Crippen LogP) is 2.77. The maximum Gasteiger partial charge on any atom is 0.534 e. The Morgan fingerprint density at radius 2 is 1.76 bits per heavy atom. The minimum atomic E-state index is -5.62. The number of para-hydroxylation sites is 1. The van der Waals surface area contributed by atoms with E-state index >= 15 is 0 Å². The van der Waals surface area contributed by atoms with Gasteiger partial charge >= 0.3 is 15.6 Å². The molecular weight excluding hydrogens is 335 g/mol. The van der Waals surface area contributed by atoms with Crippen LogP contribution < -0.4 is 4.90 Å². The summed E-state index contributed by atoms with van der Waals surface area (Å²) < 4.78 is 62.2. The van der Waals surface area contributed by atoms with Crippen LogP contribution in [0.25, 0.3) is 0 Å². The van der Waals surface area contributed by atoms with Crippen LogP contribution in [0.3, 0.4) is 0 Å². The van der Waals surface area contributed by atoms with Crippen molar-refractivity contribution in [1.29, 1.82) is 0 Å². The third-order valence-electron chi connectivity index (χ3n) is 2.49. The van der Waals surface area contributed by atoms with Gasteiger partial charge in [-0.1, -0.05) is 18.2 Å². The fourth-order valence-corrected chi connectivity index (χ4v) is 2.00. The number of benzene rings is 1. The maximum atomic E-state index is 12.2. The van der Waals surface area contributed by atoms with Crippen LogP contribution in [0.4, 0.5) is 18.9 Å². The first-order chi connectivity index (χ1) is 9.29. The molecular formula is C12H10ArF3NO3S. The van der Waals surface area contributed by atoms with Gasteiger partial charge in [0.1, 0.15) is 5.76 Å². The summed E-state index contributed by atoms with van der Waals surface area (Å²) >= 11 is 0. The first kappa shape index (κ1) is 18.3. The Bertz CT molecular complexity index is 641. The van der Waals surface area contributed by atoms with Crippen molar-refractivity contribution in [2.24, 2.45) is 0 Å². The van der Waals surface area contributed by atoms with E-state index in [-0.39, 0.29) is 50.0 Å². The van der Waals surface area contributed by atoms with E-state index in [1.165, 1.54) is 18.4 Å². The number of anilines is 1. The molecule has 1 heterocycles. The number of alkyl halides is 3. The summed E-state index contributed by atoms with van der Waals surface area (Å²) in [5, 5.41) is 0. The van der Waals surface area contributed by atoms with E-state index in [1.807, 2.05) is 30.3 Å². The van der Waals surface area contributed by atoms with E-state index < -0.39 is 15.6 Å². The van der Waals surface area contributed by atoms with Crippen molar-refractivity contribution in [1.82, 2.24) is 0 Å². The van der Waals surface area contributed by atoms with Crippen LogP contribution in [0.15, 0.2) is 54.4 Å². The molecule has 9 heteroatoms. The molecule has 0 radical (unpaired) electrons. The van der Waals surface area contributed by atoms with Crippen LogP contribution in [0.2, 0.25) is 0 Å². The van der Waals surface area contributed by atoms with Crippen molar-refractivity contribution >= 4 is 15.8 Å². The quantitative estimate of drug-likeness (QED) is 0.624. The van der Waals surface area contributed by atoms with Gasteiger partial charge in [-0.3, -0.25) is 0 Å². The number of halogens is 3. The Hall–Kier alpha value is -0.700. The average molecular weight is 345 g/mol. The van der Waals surface area contributed by atoms with Crippen LogP contribution in [0.1, 0.15) is 0 Å². The van der Waals surface area contributed by atoms with Gasteiger partial charge in [-0.25, -0.2) is 0 Å². The van der Waals surface area contributed by atoms with E-state index in [0.717, 1.165) is 5.69 Å². The van der Waals surface area contributed by atoms with Crippen molar-refractivity contribution in [2.45, 2.75) is 5.51 Å². The van der Waals surface area contributed by atoms with Gasteiger partial charge in [0.05, 0.1) is 0 Å². The first-order valence-corrected chi connectivity index (χ1v) is 6.91. The average Bonchev–Trinajstić information content (AvgIpc) is 2.39. The molecule has 0 fully saturated rings. The molecule has 0 aromatic heterocycles. The Balaban J connectivity index is 0.00000220. The summed E-state index contributed by atoms with van der Waals surface area (Å²) in [6.45, 7) is 0.212. The maximum absolute atomic E-state index is 12.2. The predicted molar refractivity (Wildman–Crippen MR) is 67.1 cm³/mol. The zero-order valence-corrected chi connectivity index (χ0v) is 11.9. The first-order valence-electron chi connectivity index (χ1n) is 5.50. The summed E-state index contributed by atoms with van der Waals surface area (Å²) in [5.74, 6) is -0.352. The SMILES string of the molecule is O=S(=O)(OC1=CCN(c2ccccc2)C=C1)C(F)(F)F.[Ar]. The van der Waals surface area contributed by atoms with Gasteiger partial charge in [0.15, 0.2) is 0 Å². The zero-order chi connectivity index (χ0) is 14.8. The Labute approximate surface area is 150 Å². The molecule has 2 rings (SSSR count). The van der Waals surface area contributed by atoms with E-state index in [0.29, 0.717) is 0 Å². The molecule has 0 N–H and O–H groups in total. The van der Waals surface area contributed by atoms with Crippen LogP contribution in [0, 0.1) is 37.7 Å². The molecule has 0 saturated carbocycles. The summed E-state index contributed by atoms with van der Waals surface area (Å²) in [4.78, 5) is 1.73. The summed E-state index contributed by atoms with van der Waals surface area (Å²) in [7, 11) is -5.62. The smallest absolute Gasteiger partial charge is 0.376 e. The zero-order valence-electron chi connectivity index (χ0n) is 10.4. The van der Waals surface area contributed by atoms with E-state index in [4.69, 9.17) is 0 Å². The van der Waals surface area contributed by atoms with Gasteiger partial charge < -0.3 is 9.08 Å². The molecule has 0 saturated heterocycles. The van der Waals surface area contributed by atoms with Gasteiger partial charge in [0, 0.05) is 56.2 Å². The standard InChI is InChI=1S/C12H10F3NO3S.Ar/c13-12(14,15)20(17,18)19-11-6-8-16(9-7-11)10-4-2-1-3-5-10;/h1-8H,9H2;. The molecule has 4 nitrogen and oxygen atoms in total. The minimum absolute atomic E-state index is 0. The molecule has 1 aliphatic rings. The van der Waals surface area contributed by atoms with Gasteiger partial charge in [0.2, 0.25) is 0 Å². The van der Waals surface area contributed by atoms with Gasteiger partial charge in [0.25, 0.3) is 0 Å². The van der Waals surface area contributed by atoms with Crippen LogP contribution in [-0.2, 0) is 14.3 Å². The Kier molecular flexibility index (Phi) is 6.15. The molecule has 0 unspecified atom stereocenters. The molecule has 116 valence electrons. The van der Waals surface area contributed by atoms with Crippen molar-refractivity contribution < 1.29 is 63.5 Å². The number of allylic oxidation sites excluding steroid dienone is 1. The van der Waals surface area contributed by atoms with E-state index in [9.17, 15) is 21.6 Å². The van der Waals surface area contributed by atoms with Crippen LogP contribution in [0.5, 0.6) is 0 Å². The molecule has 0 amide bonds. The molecule has 1 aromatic carbocycles. The fraction of sp³-hybridized carbons (Fsp3) is 0.167. The normalized spacial score (nSPS) is 15.2. The van der Waals surface area contributed by atoms with Crippen LogP contribution in [-0.4, -0.2) is 20.5 Å². The van der Waals surface area contributed by atoms with Gasteiger partial charge in [-0.15, -0.1) is 0 Å². The number of hydrogen-bond acceptors (Lipinski definition) is 4.